The molecule has 4 atom stereocenters. The molecule has 0 radical (unpaired) electrons. The number of carboxylic acids is 1. The van der Waals surface area contributed by atoms with Gasteiger partial charge in [-0.2, -0.15) is 0 Å². The third-order valence-electron chi connectivity index (χ3n) is 4.84. The van der Waals surface area contributed by atoms with Crippen molar-refractivity contribution in [2.24, 2.45) is 17.8 Å². The van der Waals surface area contributed by atoms with Gasteiger partial charge in [-0.1, -0.05) is 18.6 Å². The fraction of sp³-hybridized carbons (Fsp3) is 0.750. The van der Waals surface area contributed by atoms with Crippen molar-refractivity contribution in [3.63, 3.8) is 0 Å². The molecule has 0 spiro atoms. The number of carbonyl (C=O) groups is 2. The first-order valence-electron chi connectivity index (χ1n) is 7.64. The summed E-state index contributed by atoms with van der Waals surface area (Å²) in [4.78, 5) is 22.7. The number of aliphatic carboxylic acids is 1. The lowest BCUT2D eigenvalue weighted by molar-refractivity contribution is -0.138. The van der Waals surface area contributed by atoms with Gasteiger partial charge in [0.25, 0.3) is 0 Å². The van der Waals surface area contributed by atoms with Crippen LogP contribution in [0.15, 0.2) is 11.6 Å². The van der Waals surface area contributed by atoms with E-state index in [0.717, 1.165) is 24.8 Å². The minimum atomic E-state index is -0.864. The van der Waals surface area contributed by atoms with Gasteiger partial charge in [-0.25, -0.2) is 0 Å². The maximum absolute atomic E-state index is 11.7. The number of hydrogen-bond acceptors (Lipinski definition) is 3. The van der Waals surface area contributed by atoms with Crippen molar-refractivity contribution < 1.29 is 19.8 Å². The molecule has 0 aliphatic heterocycles. The topological polar surface area (TPSA) is 74.6 Å². The van der Waals surface area contributed by atoms with Gasteiger partial charge in [0.05, 0.1) is 12.5 Å². The van der Waals surface area contributed by atoms with E-state index in [0.29, 0.717) is 31.0 Å². The first-order valence-corrected chi connectivity index (χ1v) is 7.64. The van der Waals surface area contributed by atoms with Crippen LogP contribution in [0.3, 0.4) is 0 Å². The molecule has 0 heterocycles. The van der Waals surface area contributed by atoms with E-state index in [2.05, 4.69) is 6.92 Å². The third kappa shape index (κ3) is 3.29. The summed E-state index contributed by atoms with van der Waals surface area (Å²) in [5.74, 6) is -0.227. The molecule has 0 aromatic heterocycles. The summed E-state index contributed by atoms with van der Waals surface area (Å²) < 4.78 is 0. The Hall–Kier alpha value is -1.16. The standard InChI is InChI=1S/C16H24O4/c1-2-12(10-4-3-5-11(17)8-10)13-6-7-15(18)14(13)9-16(19)20/h6,10,12,14-15,18H,2-5,7-9H2,1H3,(H,19,20). The Kier molecular flexibility index (Phi) is 4.97. The van der Waals surface area contributed by atoms with Gasteiger partial charge in [0.2, 0.25) is 0 Å². The summed E-state index contributed by atoms with van der Waals surface area (Å²) in [7, 11) is 0. The number of aliphatic hydroxyl groups excluding tert-OH is 1. The average Bonchev–Trinajstić information content (AvgIpc) is 2.72. The van der Waals surface area contributed by atoms with Gasteiger partial charge in [-0.15, -0.1) is 0 Å². The van der Waals surface area contributed by atoms with E-state index in [-0.39, 0.29) is 18.3 Å². The highest BCUT2D eigenvalue weighted by atomic mass is 16.4. The Balaban J connectivity index is 2.13. The molecule has 0 aromatic carbocycles. The second-order valence-electron chi connectivity index (χ2n) is 6.12. The van der Waals surface area contributed by atoms with Gasteiger partial charge in [-0.05, 0) is 37.5 Å². The molecule has 0 saturated heterocycles. The maximum Gasteiger partial charge on any atom is 0.304 e. The Labute approximate surface area is 119 Å². The second kappa shape index (κ2) is 6.53. The van der Waals surface area contributed by atoms with Crippen LogP contribution in [0.4, 0.5) is 0 Å². The highest BCUT2D eigenvalue weighted by Gasteiger charge is 2.37. The quantitative estimate of drug-likeness (QED) is 0.759. The first kappa shape index (κ1) is 15.2. The van der Waals surface area contributed by atoms with Crippen molar-refractivity contribution in [3.8, 4) is 0 Å². The predicted molar refractivity (Wildman–Crippen MR) is 75.2 cm³/mol. The van der Waals surface area contributed by atoms with Gasteiger partial charge in [0.1, 0.15) is 5.78 Å². The summed E-state index contributed by atoms with van der Waals surface area (Å²) in [5.41, 5.74) is 1.09. The molecule has 4 nitrogen and oxygen atoms in total. The minimum Gasteiger partial charge on any atom is -0.481 e. The average molecular weight is 280 g/mol. The van der Waals surface area contributed by atoms with E-state index in [1.54, 1.807) is 0 Å². The largest absolute Gasteiger partial charge is 0.481 e. The van der Waals surface area contributed by atoms with Crippen molar-refractivity contribution in [2.75, 3.05) is 0 Å². The van der Waals surface area contributed by atoms with Crippen LogP contribution in [0, 0.1) is 17.8 Å². The summed E-state index contributed by atoms with van der Waals surface area (Å²) in [6.45, 7) is 2.09. The Morgan fingerprint density at radius 1 is 1.50 bits per heavy atom. The lowest BCUT2D eigenvalue weighted by atomic mass is 9.72. The van der Waals surface area contributed by atoms with Crippen LogP contribution in [0.2, 0.25) is 0 Å². The first-order chi connectivity index (χ1) is 9.52. The zero-order valence-electron chi connectivity index (χ0n) is 12.0. The van der Waals surface area contributed by atoms with E-state index in [1.165, 1.54) is 0 Å². The van der Waals surface area contributed by atoms with Crippen LogP contribution in [0.25, 0.3) is 0 Å². The van der Waals surface area contributed by atoms with E-state index in [9.17, 15) is 14.7 Å². The Morgan fingerprint density at radius 2 is 2.25 bits per heavy atom. The molecule has 2 rings (SSSR count). The molecule has 1 saturated carbocycles. The second-order valence-corrected chi connectivity index (χ2v) is 6.12. The Bertz CT molecular complexity index is 413. The number of rotatable bonds is 5. The molecule has 112 valence electrons. The van der Waals surface area contributed by atoms with Crippen LogP contribution in [0.1, 0.15) is 51.9 Å². The van der Waals surface area contributed by atoms with E-state index in [4.69, 9.17) is 5.11 Å². The molecule has 0 bridgehead atoms. The summed E-state index contributed by atoms with van der Waals surface area (Å²) in [6.07, 6.45) is 6.18. The molecule has 4 heteroatoms. The van der Waals surface area contributed by atoms with E-state index in [1.807, 2.05) is 6.08 Å². The monoisotopic (exact) mass is 280 g/mol. The van der Waals surface area contributed by atoms with Gasteiger partial charge < -0.3 is 10.2 Å². The zero-order chi connectivity index (χ0) is 14.7. The van der Waals surface area contributed by atoms with Gasteiger partial charge in [0, 0.05) is 18.8 Å². The fourth-order valence-electron chi connectivity index (χ4n) is 3.91. The number of carbonyl (C=O) groups excluding carboxylic acids is 1. The van der Waals surface area contributed by atoms with Crippen LogP contribution >= 0.6 is 0 Å². The summed E-state index contributed by atoms with van der Waals surface area (Å²) >= 11 is 0. The van der Waals surface area contributed by atoms with Gasteiger partial charge in [0.15, 0.2) is 0 Å². The van der Waals surface area contributed by atoms with Crippen molar-refractivity contribution in [3.05, 3.63) is 11.6 Å². The number of Topliss-reactive ketones (excluding diaryl/α,β-unsaturated/α-hetero) is 1. The van der Waals surface area contributed by atoms with Crippen molar-refractivity contribution in [1.82, 2.24) is 0 Å². The van der Waals surface area contributed by atoms with Crippen LogP contribution < -0.4 is 0 Å². The molecule has 20 heavy (non-hydrogen) atoms. The molecular formula is C16H24O4. The normalized spacial score (nSPS) is 32.0. The summed E-state index contributed by atoms with van der Waals surface area (Å²) in [6, 6.07) is 0. The molecule has 2 aliphatic carbocycles. The number of ketones is 1. The van der Waals surface area contributed by atoms with Crippen molar-refractivity contribution >= 4 is 11.8 Å². The fourth-order valence-corrected chi connectivity index (χ4v) is 3.91. The minimum absolute atomic E-state index is 0.00976. The van der Waals surface area contributed by atoms with Gasteiger partial charge >= 0.3 is 5.97 Å². The van der Waals surface area contributed by atoms with Crippen molar-refractivity contribution in [1.29, 1.82) is 0 Å². The smallest absolute Gasteiger partial charge is 0.304 e. The molecule has 1 fully saturated rings. The molecule has 0 aromatic rings. The number of aliphatic hydroxyl groups is 1. The predicted octanol–water partition coefficient (Wildman–Crippen LogP) is 2.55. The van der Waals surface area contributed by atoms with Crippen LogP contribution in [-0.2, 0) is 9.59 Å². The van der Waals surface area contributed by atoms with Crippen LogP contribution in [0.5, 0.6) is 0 Å². The number of carboxylic acid groups (broad SMARTS) is 1. The SMILES string of the molecule is CCC(C1=CCC(O)C1CC(=O)O)C1CCCC(=O)C1. The third-order valence-corrected chi connectivity index (χ3v) is 4.84. The van der Waals surface area contributed by atoms with Gasteiger partial charge in [-0.3, -0.25) is 9.59 Å². The van der Waals surface area contributed by atoms with E-state index >= 15 is 0 Å². The number of hydrogen-bond donors (Lipinski definition) is 2. The summed E-state index contributed by atoms with van der Waals surface area (Å²) in [5, 5.41) is 19.0. The molecule has 4 unspecified atom stereocenters. The zero-order valence-corrected chi connectivity index (χ0v) is 12.0. The van der Waals surface area contributed by atoms with Crippen LogP contribution in [-0.4, -0.2) is 28.1 Å². The lowest BCUT2D eigenvalue weighted by Gasteiger charge is -2.33. The highest BCUT2D eigenvalue weighted by Crippen LogP contribution is 2.42. The molecule has 2 aliphatic rings. The maximum atomic E-state index is 11.7. The molecular weight excluding hydrogens is 256 g/mol. The van der Waals surface area contributed by atoms with Crippen molar-refractivity contribution in [2.45, 2.75) is 58.0 Å². The molecule has 0 amide bonds. The Morgan fingerprint density at radius 3 is 2.85 bits per heavy atom. The molecule has 2 N–H and O–H groups in total. The highest BCUT2D eigenvalue weighted by molar-refractivity contribution is 5.79. The van der Waals surface area contributed by atoms with E-state index < -0.39 is 12.1 Å². The lowest BCUT2D eigenvalue weighted by Crippen LogP contribution is -2.29.